The van der Waals surface area contributed by atoms with Gasteiger partial charge in [0, 0.05) is 10.4 Å². The maximum atomic E-state index is 6.35. The third-order valence-electron chi connectivity index (χ3n) is 2.92. The van der Waals surface area contributed by atoms with E-state index in [-0.39, 0.29) is 0 Å². The van der Waals surface area contributed by atoms with Crippen molar-refractivity contribution >= 4 is 28.8 Å². The minimum absolute atomic E-state index is 0.384. The Bertz CT molecular complexity index is 719. The fraction of sp³-hybridized carbons (Fsp3) is 0.0714. The van der Waals surface area contributed by atoms with E-state index in [1.165, 1.54) is 0 Å². The Labute approximate surface area is 119 Å². The second-order valence-electron chi connectivity index (χ2n) is 4.19. The standard InChI is InChI=1S/C14H11ClN2OS/c1-8-4-2-5-9(12(8)15)13-11(14(16)17-18-13)10-6-3-7-19-10/h2-7H,1H3,(H2,16,17). The average Bonchev–Trinajstić information content (AvgIpc) is 3.02. The van der Waals surface area contributed by atoms with Crippen LogP contribution < -0.4 is 5.73 Å². The zero-order valence-electron chi connectivity index (χ0n) is 10.2. The van der Waals surface area contributed by atoms with E-state index in [9.17, 15) is 0 Å². The number of thiophene rings is 1. The topological polar surface area (TPSA) is 52.0 Å². The van der Waals surface area contributed by atoms with Crippen molar-refractivity contribution in [3.63, 3.8) is 0 Å². The van der Waals surface area contributed by atoms with Gasteiger partial charge in [0.1, 0.15) is 0 Å². The number of nitrogens with zero attached hydrogens (tertiary/aromatic N) is 1. The zero-order valence-corrected chi connectivity index (χ0v) is 11.8. The summed E-state index contributed by atoms with van der Waals surface area (Å²) in [5.41, 5.74) is 8.53. The molecule has 3 rings (SSSR count). The molecule has 0 saturated carbocycles. The molecule has 1 aromatic carbocycles. The van der Waals surface area contributed by atoms with E-state index in [4.69, 9.17) is 21.9 Å². The van der Waals surface area contributed by atoms with Crippen LogP contribution in [-0.2, 0) is 0 Å². The summed E-state index contributed by atoms with van der Waals surface area (Å²) in [6, 6.07) is 9.76. The quantitative estimate of drug-likeness (QED) is 0.749. The van der Waals surface area contributed by atoms with E-state index in [1.54, 1.807) is 11.3 Å². The molecule has 2 aromatic heterocycles. The van der Waals surface area contributed by atoms with Crippen molar-refractivity contribution < 1.29 is 4.52 Å². The van der Waals surface area contributed by atoms with Gasteiger partial charge in [0.05, 0.1) is 10.6 Å². The van der Waals surface area contributed by atoms with Gasteiger partial charge in [-0.15, -0.1) is 11.3 Å². The van der Waals surface area contributed by atoms with Gasteiger partial charge >= 0.3 is 0 Å². The fourth-order valence-corrected chi connectivity index (χ4v) is 2.96. The highest BCUT2D eigenvalue weighted by Gasteiger charge is 2.20. The molecule has 0 spiro atoms. The smallest absolute Gasteiger partial charge is 0.179 e. The first-order valence-electron chi connectivity index (χ1n) is 5.73. The molecule has 2 N–H and O–H groups in total. The molecule has 3 aromatic rings. The molecule has 19 heavy (non-hydrogen) atoms. The van der Waals surface area contributed by atoms with Crippen molar-refractivity contribution in [2.45, 2.75) is 6.92 Å². The molecule has 0 aliphatic rings. The van der Waals surface area contributed by atoms with Crippen molar-refractivity contribution in [2.75, 3.05) is 5.73 Å². The fourth-order valence-electron chi connectivity index (χ4n) is 1.97. The van der Waals surface area contributed by atoms with Crippen molar-refractivity contribution in [3.8, 4) is 21.8 Å². The van der Waals surface area contributed by atoms with E-state index in [0.717, 1.165) is 21.6 Å². The van der Waals surface area contributed by atoms with E-state index < -0.39 is 0 Å². The Balaban J connectivity index is 2.25. The zero-order chi connectivity index (χ0) is 13.4. The normalized spacial score (nSPS) is 10.8. The lowest BCUT2D eigenvalue weighted by molar-refractivity contribution is 0.436. The van der Waals surface area contributed by atoms with Crippen LogP contribution in [0.3, 0.4) is 0 Å². The maximum absolute atomic E-state index is 6.35. The molecule has 0 saturated heterocycles. The highest BCUT2D eigenvalue weighted by molar-refractivity contribution is 7.13. The van der Waals surface area contributed by atoms with Gasteiger partial charge in [-0.2, -0.15) is 0 Å². The molecule has 0 amide bonds. The minimum atomic E-state index is 0.384. The number of anilines is 1. The van der Waals surface area contributed by atoms with Crippen molar-refractivity contribution in [1.82, 2.24) is 5.16 Å². The van der Waals surface area contributed by atoms with E-state index >= 15 is 0 Å². The summed E-state index contributed by atoms with van der Waals surface area (Å²) in [5.74, 6) is 1.00. The third kappa shape index (κ3) is 2.03. The molecule has 0 aliphatic heterocycles. The van der Waals surface area contributed by atoms with Gasteiger partial charge in [0.15, 0.2) is 11.6 Å². The molecular formula is C14H11ClN2OS. The Kier molecular flexibility index (Phi) is 3.05. The summed E-state index contributed by atoms with van der Waals surface area (Å²) in [4.78, 5) is 1.02. The van der Waals surface area contributed by atoms with Crippen LogP contribution in [0.25, 0.3) is 21.8 Å². The van der Waals surface area contributed by atoms with Gasteiger partial charge in [-0.05, 0) is 30.0 Å². The monoisotopic (exact) mass is 290 g/mol. The van der Waals surface area contributed by atoms with Crippen LogP contribution in [0.1, 0.15) is 5.56 Å². The van der Waals surface area contributed by atoms with Gasteiger partial charge in [-0.1, -0.05) is 35.0 Å². The van der Waals surface area contributed by atoms with Gasteiger partial charge in [0.25, 0.3) is 0 Å². The van der Waals surface area contributed by atoms with Crippen molar-refractivity contribution in [2.24, 2.45) is 0 Å². The van der Waals surface area contributed by atoms with Crippen LogP contribution in [0, 0.1) is 6.92 Å². The molecule has 96 valence electrons. The number of nitrogen functional groups attached to an aromatic ring is 1. The lowest BCUT2D eigenvalue weighted by Crippen LogP contribution is -1.88. The lowest BCUT2D eigenvalue weighted by atomic mass is 10.0. The number of hydrogen-bond donors (Lipinski definition) is 1. The van der Waals surface area contributed by atoms with Gasteiger partial charge in [-0.25, -0.2) is 0 Å². The number of hydrogen-bond acceptors (Lipinski definition) is 4. The molecule has 0 bridgehead atoms. The summed E-state index contributed by atoms with van der Waals surface area (Å²) in [6.45, 7) is 1.95. The molecule has 0 unspecified atom stereocenters. The maximum Gasteiger partial charge on any atom is 0.179 e. The van der Waals surface area contributed by atoms with E-state index in [0.29, 0.717) is 16.6 Å². The molecule has 2 heterocycles. The van der Waals surface area contributed by atoms with Crippen molar-refractivity contribution in [1.29, 1.82) is 0 Å². The largest absolute Gasteiger partial charge is 0.380 e. The number of rotatable bonds is 2. The molecular weight excluding hydrogens is 280 g/mol. The Morgan fingerprint density at radius 1 is 1.26 bits per heavy atom. The first-order chi connectivity index (χ1) is 9.18. The molecule has 0 aliphatic carbocycles. The number of benzene rings is 1. The minimum Gasteiger partial charge on any atom is -0.380 e. The van der Waals surface area contributed by atoms with Crippen LogP contribution >= 0.6 is 22.9 Å². The summed E-state index contributed by atoms with van der Waals surface area (Å²) in [7, 11) is 0. The van der Waals surface area contributed by atoms with Gasteiger partial charge < -0.3 is 10.3 Å². The molecule has 0 atom stereocenters. The predicted molar refractivity (Wildman–Crippen MR) is 79.4 cm³/mol. The van der Waals surface area contributed by atoms with Gasteiger partial charge in [0.2, 0.25) is 0 Å². The second-order valence-corrected chi connectivity index (χ2v) is 5.51. The van der Waals surface area contributed by atoms with Crippen LogP contribution in [0.2, 0.25) is 5.02 Å². The summed E-state index contributed by atoms with van der Waals surface area (Å²) >= 11 is 7.94. The third-order valence-corrected chi connectivity index (χ3v) is 4.31. The Morgan fingerprint density at radius 2 is 2.11 bits per heavy atom. The highest BCUT2D eigenvalue weighted by Crippen LogP contribution is 2.41. The Hall–Kier alpha value is -1.78. The molecule has 0 radical (unpaired) electrons. The molecule has 5 heteroatoms. The summed E-state index contributed by atoms with van der Waals surface area (Å²) in [6.07, 6.45) is 0. The molecule has 3 nitrogen and oxygen atoms in total. The average molecular weight is 291 g/mol. The number of halogens is 1. The van der Waals surface area contributed by atoms with Crippen LogP contribution in [0.4, 0.5) is 5.82 Å². The SMILES string of the molecule is Cc1cccc(-c2onc(N)c2-c2cccs2)c1Cl. The predicted octanol–water partition coefficient (Wildman–Crippen LogP) is 4.61. The van der Waals surface area contributed by atoms with Gasteiger partial charge in [-0.3, -0.25) is 0 Å². The lowest BCUT2D eigenvalue weighted by Gasteiger charge is -2.05. The first kappa shape index (κ1) is 12.3. The highest BCUT2D eigenvalue weighted by atomic mass is 35.5. The van der Waals surface area contributed by atoms with E-state index in [1.807, 2.05) is 42.6 Å². The first-order valence-corrected chi connectivity index (χ1v) is 6.98. The second kappa shape index (κ2) is 4.72. The van der Waals surface area contributed by atoms with E-state index in [2.05, 4.69) is 5.16 Å². The van der Waals surface area contributed by atoms with Crippen molar-refractivity contribution in [3.05, 3.63) is 46.3 Å². The van der Waals surface area contributed by atoms with Crippen LogP contribution in [0.15, 0.2) is 40.2 Å². The molecule has 0 fully saturated rings. The number of aromatic nitrogens is 1. The van der Waals surface area contributed by atoms with Crippen LogP contribution in [-0.4, -0.2) is 5.16 Å². The van der Waals surface area contributed by atoms with Crippen LogP contribution in [0.5, 0.6) is 0 Å². The Morgan fingerprint density at radius 3 is 2.84 bits per heavy atom. The number of aryl methyl sites for hydroxylation is 1. The summed E-state index contributed by atoms with van der Waals surface area (Å²) in [5, 5.41) is 6.52. The number of nitrogens with two attached hydrogens (primary N) is 1. The summed E-state index contributed by atoms with van der Waals surface area (Å²) < 4.78 is 5.39.